The van der Waals surface area contributed by atoms with Gasteiger partial charge in [0.25, 0.3) is 0 Å². The molecule has 0 aliphatic heterocycles. The van der Waals surface area contributed by atoms with Gasteiger partial charge >= 0.3 is 0 Å². The Morgan fingerprint density at radius 3 is 2.54 bits per heavy atom. The number of hydrogen-bond acceptors (Lipinski definition) is 2. The van der Waals surface area contributed by atoms with Crippen molar-refractivity contribution in [1.29, 1.82) is 0 Å². The van der Waals surface area contributed by atoms with Crippen LogP contribution < -0.4 is 10.1 Å². The van der Waals surface area contributed by atoms with Gasteiger partial charge in [-0.1, -0.05) is 66.7 Å². The van der Waals surface area contributed by atoms with Gasteiger partial charge in [-0.3, -0.25) is 4.79 Å². The van der Waals surface area contributed by atoms with Crippen LogP contribution in [-0.4, -0.2) is 19.1 Å². The van der Waals surface area contributed by atoms with E-state index >= 15 is 0 Å². The van der Waals surface area contributed by atoms with Gasteiger partial charge in [0.1, 0.15) is 12.4 Å². The summed E-state index contributed by atoms with van der Waals surface area (Å²) >= 11 is 0. The lowest BCUT2D eigenvalue weighted by Gasteiger charge is -2.09. The average Bonchev–Trinajstić information content (AvgIpc) is 2.64. The standard InChI is InChI=1S/C21H19NO2/c23-21(14-13-17-7-2-1-3-8-17)22-15-16-24-20-12-6-10-18-9-4-5-11-19(18)20/h1-14H,15-16H2,(H,22,23)/b14-13+. The Morgan fingerprint density at radius 2 is 1.67 bits per heavy atom. The van der Waals surface area contributed by atoms with Gasteiger partial charge < -0.3 is 10.1 Å². The Kier molecular flexibility index (Phi) is 5.25. The molecule has 3 nitrogen and oxygen atoms in total. The summed E-state index contributed by atoms with van der Waals surface area (Å²) < 4.78 is 5.79. The van der Waals surface area contributed by atoms with Crippen LogP contribution in [0.4, 0.5) is 0 Å². The van der Waals surface area contributed by atoms with E-state index in [-0.39, 0.29) is 5.91 Å². The third kappa shape index (κ3) is 4.23. The zero-order valence-corrected chi connectivity index (χ0v) is 13.3. The van der Waals surface area contributed by atoms with Gasteiger partial charge in [0.2, 0.25) is 5.91 Å². The van der Waals surface area contributed by atoms with Gasteiger partial charge in [-0.15, -0.1) is 0 Å². The molecule has 3 rings (SSSR count). The first kappa shape index (κ1) is 15.8. The normalized spacial score (nSPS) is 10.8. The van der Waals surface area contributed by atoms with Gasteiger partial charge in [0.05, 0.1) is 6.54 Å². The first-order chi connectivity index (χ1) is 11.8. The molecule has 24 heavy (non-hydrogen) atoms. The molecule has 0 fully saturated rings. The summed E-state index contributed by atoms with van der Waals surface area (Å²) in [6, 6.07) is 23.8. The number of rotatable bonds is 6. The van der Waals surface area contributed by atoms with Crippen LogP contribution in [0.2, 0.25) is 0 Å². The summed E-state index contributed by atoms with van der Waals surface area (Å²) in [7, 11) is 0. The van der Waals surface area contributed by atoms with Gasteiger partial charge in [-0.25, -0.2) is 0 Å². The van der Waals surface area contributed by atoms with E-state index in [2.05, 4.69) is 17.4 Å². The molecule has 0 aliphatic carbocycles. The van der Waals surface area contributed by atoms with E-state index in [9.17, 15) is 4.79 Å². The molecule has 3 heteroatoms. The Balaban J connectivity index is 1.48. The van der Waals surface area contributed by atoms with E-state index in [0.29, 0.717) is 13.2 Å². The zero-order valence-electron chi connectivity index (χ0n) is 13.3. The summed E-state index contributed by atoms with van der Waals surface area (Å²) in [6.07, 6.45) is 3.33. The molecule has 120 valence electrons. The minimum absolute atomic E-state index is 0.125. The quantitative estimate of drug-likeness (QED) is 0.550. The molecule has 3 aromatic rings. The van der Waals surface area contributed by atoms with Crippen LogP contribution in [0.25, 0.3) is 16.8 Å². The summed E-state index contributed by atoms with van der Waals surface area (Å²) in [5.41, 5.74) is 1.000. The van der Waals surface area contributed by atoms with Crippen molar-refractivity contribution in [1.82, 2.24) is 5.32 Å². The van der Waals surface area contributed by atoms with E-state index in [4.69, 9.17) is 4.74 Å². The molecule has 0 unspecified atom stereocenters. The van der Waals surface area contributed by atoms with Gasteiger partial charge in [-0.05, 0) is 23.1 Å². The highest BCUT2D eigenvalue weighted by molar-refractivity contribution is 5.91. The molecule has 0 atom stereocenters. The van der Waals surface area contributed by atoms with E-state index in [1.807, 2.05) is 60.7 Å². The molecular formula is C21H19NO2. The molecule has 0 radical (unpaired) electrons. The van der Waals surface area contributed by atoms with E-state index in [1.165, 1.54) is 6.08 Å². The van der Waals surface area contributed by atoms with E-state index < -0.39 is 0 Å². The first-order valence-electron chi connectivity index (χ1n) is 7.94. The summed E-state index contributed by atoms with van der Waals surface area (Å²) in [5, 5.41) is 5.04. The largest absolute Gasteiger partial charge is 0.491 e. The highest BCUT2D eigenvalue weighted by atomic mass is 16.5. The minimum Gasteiger partial charge on any atom is -0.491 e. The fraction of sp³-hybridized carbons (Fsp3) is 0.0952. The number of amides is 1. The van der Waals surface area contributed by atoms with Gasteiger partial charge in [-0.2, -0.15) is 0 Å². The maximum atomic E-state index is 11.8. The van der Waals surface area contributed by atoms with Crippen LogP contribution in [0.15, 0.2) is 78.9 Å². The highest BCUT2D eigenvalue weighted by Crippen LogP contribution is 2.24. The van der Waals surface area contributed by atoms with Crippen LogP contribution in [0, 0.1) is 0 Å². The highest BCUT2D eigenvalue weighted by Gasteiger charge is 2.01. The number of ether oxygens (including phenoxy) is 1. The molecule has 0 bridgehead atoms. The monoisotopic (exact) mass is 317 g/mol. The number of carbonyl (C=O) groups excluding carboxylic acids is 1. The minimum atomic E-state index is -0.125. The molecule has 0 aromatic heterocycles. The first-order valence-corrected chi connectivity index (χ1v) is 7.94. The second kappa shape index (κ2) is 7.97. The van der Waals surface area contributed by atoms with Gasteiger partial charge in [0.15, 0.2) is 0 Å². The lowest BCUT2D eigenvalue weighted by Crippen LogP contribution is -2.26. The van der Waals surface area contributed by atoms with Crippen LogP contribution in [-0.2, 0) is 4.79 Å². The zero-order chi connectivity index (χ0) is 16.6. The molecule has 1 N–H and O–H groups in total. The number of carbonyl (C=O) groups is 1. The van der Waals surface area contributed by atoms with Crippen molar-refractivity contribution in [2.75, 3.05) is 13.2 Å². The molecule has 0 aliphatic rings. The SMILES string of the molecule is O=C(/C=C/c1ccccc1)NCCOc1cccc2ccccc12. The Labute approximate surface area is 141 Å². The van der Waals surface area contributed by atoms with Crippen molar-refractivity contribution in [2.45, 2.75) is 0 Å². The van der Waals surface area contributed by atoms with Crippen molar-refractivity contribution in [3.8, 4) is 5.75 Å². The molecule has 1 amide bonds. The van der Waals surface area contributed by atoms with Crippen molar-refractivity contribution >= 4 is 22.8 Å². The van der Waals surface area contributed by atoms with Crippen molar-refractivity contribution < 1.29 is 9.53 Å². The second-order valence-corrected chi connectivity index (χ2v) is 5.36. The number of benzene rings is 3. The molecular weight excluding hydrogens is 298 g/mol. The fourth-order valence-corrected chi connectivity index (χ4v) is 2.45. The fourth-order valence-electron chi connectivity index (χ4n) is 2.45. The lowest BCUT2D eigenvalue weighted by molar-refractivity contribution is -0.116. The molecule has 0 spiro atoms. The topological polar surface area (TPSA) is 38.3 Å². The predicted octanol–water partition coefficient (Wildman–Crippen LogP) is 4.05. The Bertz CT molecular complexity index is 835. The van der Waals surface area contributed by atoms with E-state index in [1.54, 1.807) is 6.08 Å². The summed E-state index contributed by atoms with van der Waals surface area (Å²) in [5.74, 6) is 0.711. The van der Waals surface area contributed by atoms with Crippen LogP contribution in [0.3, 0.4) is 0 Å². The van der Waals surface area contributed by atoms with Crippen LogP contribution in [0.1, 0.15) is 5.56 Å². The van der Waals surface area contributed by atoms with Crippen molar-refractivity contribution in [2.24, 2.45) is 0 Å². The Hall–Kier alpha value is -3.07. The molecule has 0 heterocycles. The van der Waals surface area contributed by atoms with Crippen LogP contribution >= 0.6 is 0 Å². The molecule has 0 saturated heterocycles. The number of fused-ring (bicyclic) bond motifs is 1. The van der Waals surface area contributed by atoms with Gasteiger partial charge in [0, 0.05) is 11.5 Å². The predicted molar refractivity (Wildman–Crippen MR) is 97.9 cm³/mol. The smallest absolute Gasteiger partial charge is 0.244 e. The summed E-state index contributed by atoms with van der Waals surface area (Å²) in [4.78, 5) is 11.8. The Morgan fingerprint density at radius 1 is 0.917 bits per heavy atom. The average molecular weight is 317 g/mol. The van der Waals surface area contributed by atoms with E-state index in [0.717, 1.165) is 22.1 Å². The molecule has 0 saturated carbocycles. The van der Waals surface area contributed by atoms with Crippen molar-refractivity contribution in [3.05, 3.63) is 84.4 Å². The second-order valence-electron chi connectivity index (χ2n) is 5.36. The van der Waals surface area contributed by atoms with Crippen molar-refractivity contribution in [3.63, 3.8) is 0 Å². The maximum absolute atomic E-state index is 11.8. The third-order valence-corrected chi connectivity index (χ3v) is 3.64. The number of hydrogen-bond donors (Lipinski definition) is 1. The molecule has 3 aromatic carbocycles. The lowest BCUT2D eigenvalue weighted by atomic mass is 10.1. The third-order valence-electron chi connectivity index (χ3n) is 3.64. The number of nitrogens with one attached hydrogen (secondary N) is 1. The summed E-state index contributed by atoms with van der Waals surface area (Å²) in [6.45, 7) is 0.889. The van der Waals surface area contributed by atoms with Crippen LogP contribution in [0.5, 0.6) is 5.75 Å². The maximum Gasteiger partial charge on any atom is 0.244 e.